The van der Waals surface area contributed by atoms with E-state index >= 15 is 0 Å². The minimum atomic E-state index is -0.165. The van der Waals surface area contributed by atoms with Crippen LogP contribution in [-0.2, 0) is 13.6 Å². The number of hydrogen-bond donors (Lipinski definition) is 1. The number of nitrogens with zero attached hydrogens (tertiary/aromatic N) is 5. The molecule has 0 aromatic carbocycles. The van der Waals surface area contributed by atoms with Crippen molar-refractivity contribution in [1.29, 1.82) is 0 Å². The van der Waals surface area contributed by atoms with Gasteiger partial charge in [0.05, 0.1) is 28.9 Å². The third-order valence-electron chi connectivity index (χ3n) is 4.83. The van der Waals surface area contributed by atoms with E-state index in [0.29, 0.717) is 11.5 Å². The maximum Gasteiger partial charge on any atom is 0.252 e. The number of aromatic nitrogens is 5. The maximum absolute atomic E-state index is 13.0. The molecule has 7 nitrogen and oxygen atoms in total. The molecule has 1 aliphatic rings. The molecule has 0 spiro atoms. The summed E-state index contributed by atoms with van der Waals surface area (Å²) in [6.45, 7) is 4.86. The van der Waals surface area contributed by atoms with Gasteiger partial charge in [0.1, 0.15) is 0 Å². The summed E-state index contributed by atoms with van der Waals surface area (Å²) in [5, 5.41) is 12.7. The van der Waals surface area contributed by atoms with Crippen LogP contribution in [-0.4, -0.2) is 30.5 Å². The first kappa shape index (κ1) is 16.8. The molecule has 1 saturated carbocycles. The molecule has 0 bridgehead atoms. The maximum atomic E-state index is 13.0. The van der Waals surface area contributed by atoms with Gasteiger partial charge in [0, 0.05) is 31.4 Å². The second-order valence-electron chi connectivity index (χ2n) is 7.08. The summed E-state index contributed by atoms with van der Waals surface area (Å²) in [6, 6.07) is 3.70. The van der Waals surface area contributed by atoms with Crippen molar-refractivity contribution < 1.29 is 4.79 Å². The summed E-state index contributed by atoms with van der Waals surface area (Å²) in [4.78, 5) is 17.8. The van der Waals surface area contributed by atoms with Crippen LogP contribution in [0, 0.1) is 0 Å². The van der Waals surface area contributed by atoms with Crippen molar-refractivity contribution in [3.8, 4) is 0 Å². The highest BCUT2D eigenvalue weighted by molar-refractivity contribution is 6.05. The van der Waals surface area contributed by atoms with E-state index in [4.69, 9.17) is 4.98 Å². The molecule has 3 heterocycles. The number of nitrogens with one attached hydrogen (secondary N) is 1. The number of rotatable bonds is 6. The fourth-order valence-corrected chi connectivity index (χ4v) is 3.23. The van der Waals surface area contributed by atoms with Crippen LogP contribution in [0.15, 0.2) is 24.5 Å². The Morgan fingerprint density at radius 1 is 1.42 bits per heavy atom. The molecule has 4 rings (SSSR count). The van der Waals surface area contributed by atoms with Crippen molar-refractivity contribution in [2.45, 2.75) is 51.6 Å². The van der Waals surface area contributed by atoms with E-state index in [1.165, 1.54) is 0 Å². The topological polar surface area (TPSA) is 77.6 Å². The fraction of sp³-hybridized carbons (Fsp3) is 0.474. The highest BCUT2D eigenvalue weighted by Crippen LogP contribution is 2.40. The predicted molar refractivity (Wildman–Crippen MR) is 98.9 cm³/mol. The van der Waals surface area contributed by atoms with E-state index in [1.807, 2.05) is 37.0 Å². The van der Waals surface area contributed by atoms with Crippen molar-refractivity contribution in [2.24, 2.45) is 7.05 Å². The lowest BCUT2D eigenvalue weighted by Gasteiger charge is -2.13. The smallest absolute Gasteiger partial charge is 0.252 e. The van der Waals surface area contributed by atoms with Crippen LogP contribution in [0.3, 0.4) is 0 Å². The zero-order valence-corrected chi connectivity index (χ0v) is 15.4. The summed E-state index contributed by atoms with van der Waals surface area (Å²) >= 11 is 0. The minimum absolute atomic E-state index is 0.103. The molecule has 1 amide bonds. The van der Waals surface area contributed by atoms with E-state index in [0.717, 1.165) is 48.2 Å². The molecule has 1 N–H and O–H groups in total. The van der Waals surface area contributed by atoms with E-state index in [1.54, 1.807) is 10.9 Å². The Labute approximate surface area is 152 Å². The molecular formula is C19H24N6O. The Morgan fingerprint density at radius 2 is 2.23 bits per heavy atom. The van der Waals surface area contributed by atoms with Gasteiger partial charge in [-0.3, -0.25) is 9.48 Å². The van der Waals surface area contributed by atoms with Crippen molar-refractivity contribution in [3.05, 3.63) is 41.5 Å². The van der Waals surface area contributed by atoms with Crippen LogP contribution in [0.25, 0.3) is 11.0 Å². The lowest BCUT2D eigenvalue weighted by atomic mass is 10.1. The number of fused-ring (bicyclic) bond motifs is 1. The second-order valence-corrected chi connectivity index (χ2v) is 7.08. The van der Waals surface area contributed by atoms with Gasteiger partial charge in [0.25, 0.3) is 5.91 Å². The van der Waals surface area contributed by atoms with Crippen LogP contribution in [0.4, 0.5) is 0 Å². The number of hydrogen-bond acceptors (Lipinski definition) is 4. The van der Waals surface area contributed by atoms with Gasteiger partial charge in [-0.25, -0.2) is 9.67 Å². The largest absolute Gasteiger partial charge is 0.344 e. The molecule has 0 aliphatic heterocycles. The van der Waals surface area contributed by atoms with Crippen molar-refractivity contribution in [2.75, 3.05) is 0 Å². The van der Waals surface area contributed by atoms with Crippen LogP contribution in [0.2, 0.25) is 0 Å². The van der Waals surface area contributed by atoms with Gasteiger partial charge in [-0.1, -0.05) is 6.92 Å². The number of carbonyl (C=O) groups excluding carboxylic acids is 1. The summed E-state index contributed by atoms with van der Waals surface area (Å²) < 4.78 is 3.64. The molecule has 26 heavy (non-hydrogen) atoms. The average molecular weight is 352 g/mol. The molecule has 7 heteroatoms. The fourth-order valence-electron chi connectivity index (χ4n) is 3.23. The predicted octanol–water partition coefficient (Wildman–Crippen LogP) is 2.94. The standard InChI is InChI=1S/C19H24N6O/c1-4-8-25-18-15(11-20-25)14(10-17(22-18)13-5-6-13)19(26)21-12(2)16-7-9-24(3)23-16/h7,9-13H,4-6,8H2,1-3H3,(H,21,26)/t12-/m0/s1. The molecular weight excluding hydrogens is 328 g/mol. The molecule has 3 aromatic heterocycles. The molecule has 1 atom stereocenters. The summed E-state index contributed by atoms with van der Waals surface area (Å²) in [5.41, 5.74) is 3.31. The first-order chi connectivity index (χ1) is 12.6. The quantitative estimate of drug-likeness (QED) is 0.740. The Balaban J connectivity index is 1.68. The van der Waals surface area contributed by atoms with E-state index in [-0.39, 0.29) is 11.9 Å². The molecule has 3 aromatic rings. The number of pyridine rings is 1. The van der Waals surface area contributed by atoms with E-state index in [2.05, 4.69) is 22.4 Å². The van der Waals surface area contributed by atoms with Crippen LogP contribution < -0.4 is 5.32 Å². The summed E-state index contributed by atoms with van der Waals surface area (Å²) in [5.74, 6) is 0.373. The van der Waals surface area contributed by atoms with Gasteiger partial charge in [-0.2, -0.15) is 10.2 Å². The van der Waals surface area contributed by atoms with Gasteiger partial charge < -0.3 is 5.32 Å². The molecule has 0 radical (unpaired) electrons. The van der Waals surface area contributed by atoms with Crippen LogP contribution in [0.1, 0.15) is 66.8 Å². The van der Waals surface area contributed by atoms with Gasteiger partial charge in [0.2, 0.25) is 0 Å². The second kappa shape index (κ2) is 6.55. The number of carbonyl (C=O) groups is 1. The Hall–Kier alpha value is -2.70. The van der Waals surface area contributed by atoms with Crippen molar-refractivity contribution >= 4 is 16.9 Å². The highest BCUT2D eigenvalue weighted by Gasteiger charge is 2.28. The van der Waals surface area contributed by atoms with Gasteiger partial charge in [-0.15, -0.1) is 0 Å². The first-order valence-corrected chi connectivity index (χ1v) is 9.23. The third-order valence-corrected chi connectivity index (χ3v) is 4.83. The monoisotopic (exact) mass is 352 g/mol. The van der Waals surface area contributed by atoms with Crippen LogP contribution in [0.5, 0.6) is 0 Å². The summed E-state index contributed by atoms with van der Waals surface area (Å²) in [7, 11) is 1.87. The van der Waals surface area contributed by atoms with Crippen molar-refractivity contribution in [3.63, 3.8) is 0 Å². The third kappa shape index (κ3) is 3.09. The SMILES string of the molecule is CCCn1ncc2c(C(=O)N[C@@H](C)c3ccn(C)n3)cc(C3CC3)nc21. The first-order valence-electron chi connectivity index (χ1n) is 9.23. The zero-order chi connectivity index (χ0) is 18.3. The molecule has 136 valence electrons. The summed E-state index contributed by atoms with van der Waals surface area (Å²) in [6.07, 6.45) is 6.90. The van der Waals surface area contributed by atoms with E-state index < -0.39 is 0 Å². The normalized spacial score (nSPS) is 15.3. The molecule has 1 fully saturated rings. The van der Waals surface area contributed by atoms with Gasteiger partial charge in [0.15, 0.2) is 5.65 Å². The van der Waals surface area contributed by atoms with Crippen molar-refractivity contribution in [1.82, 2.24) is 29.9 Å². The highest BCUT2D eigenvalue weighted by atomic mass is 16.1. The zero-order valence-electron chi connectivity index (χ0n) is 15.4. The van der Waals surface area contributed by atoms with Crippen LogP contribution >= 0.6 is 0 Å². The Kier molecular flexibility index (Phi) is 4.22. The molecule has 1 aliphatic carbocycles. The van der Waals surface area contributed by atoms with Gasteiger partial charge in [-0.05, 0) is 38.3 Å². The minimum Gasteiger partial charge on any atom is -0.344 e. The average Bonchev–Trinajstić information content (AvgIpc) is 3.27. The van der Waals surface area contributed by atoms with Gasteiger partial charge >= 0.3 is 0 Å². The number of aryl methyl sites for hydroxylation is 2. The number of amides is 1. The molecule has 0 saturated heterocycles. The lowest BCUT2D eigenvalue weighted by Crippen LogP contribution is -2.27. The molecule has 0 unspecified atom stereocenters. The lowest BCUT2D eigenvalue weighted by molar-refractivity contribution is 0.0940. The Morgan fingerprint density at radius 3 is 2.88 bits per heavy atom. The van der Waals surface area contributed by atoms with E-state index in [9.17, 15) is 4.79 Å². The Bertz CT molecular complexity index is 952.